The van der Waals surface area contributed by atoms with Gasteiger partial charge in [0, 0.05) is 28.2 Å². The summed E-state index contributed by atoms with van der Waals surface area (Å²) < 4.78 is 0. The molecule has 1 aliphatic carbocycles. The minimum Gasteiger partial charge on any atom is -0.330 e. The Morgan fingerprint density at radius 3 is 1.23 bits per heavy atom. The van der Waals surface area contributed by atoms with Crippen LogP contribution in [0, 0.1) is 24.7 Å². The van der Waals surface area contributed by atoms with Crippen LogP contribution in [0.25, 0.3) is 32.7 Å². The molecule has 0 saturated carbocycles. The largest absolute Gasteiger partial charge is 0.330 e. The smallest absolute Gasteiger partial charge is 0.0840 e. The van der Waals surface area contributed by atoms with Gasteiger partial charge in [-0.05, 0) is 86.3 Å². The van der Waals surface area contributed by atoms with E-state index >= 15 is 0 Å². The molecule has 0 radical (unpaired) electrons. The van der Waals surface area contributed by atoms with Crippen LogP contribution in [0.3, 0.4) is 0 Å². The molecule has 0 unspecified atom stereocenters. The summed E-state index contributed by atoms with van der Waals surface area (Å²) in [5.41, 5.74) is 10.0. The molecule has 0 aliphatic heterocycles. The Bertz CT molecular complexity index is 2210. The average Bonchev–Trinajstić information content (AvgIpc) is 3.43. The fourth-order valence-electron chi connectivity index (χ4n) is 7.03. The van der Waals surface area contributed by atoms with Crippen molar-refractivity contribution in [2.24, 2.45) is 0 Å². The zero-order valence-electron chi connectivity index (χ0n) is 30.0. The first-order valence-electron chi connectivity index (χ1n) is 17.7. The monoisotopic (exact) mass is 676 g/mol. The van der Waals surface area contributed by atoms with E-state index in [0.29, 0.717) is 13.1 Å². The third-order valence-corrected chi connectivity index (χ3v) is 9.53. The van der Waals surface area contributed by atoms with Crippen molar-refractivity contribution in [2.75, 3.05) is 22.9 Å². The van der Waals surface area contributed by atoms with Crippen molar-refractivity contribution in [2.45, 2.75) is 40.5 Å². The lowest BCUT2D eigenvalue weighted by molar-refractivity contribution is 0.660. The third kappa shape index (κ3) is 7.44. The van der Waals surface area contributed by atoms with Crippen LogP contribution in [0.5, 0.6) is 0 Å². The molecule has 0 fully saturated rings. The summed E-state index contributed by atoms with van der Waals surface area (Å²) in [5, 5.41) is 4.78. The van der Waals surface area contributed by atoms with Crippen LogP contribution in [0.2, 0.25) is 0 Å². The highest BCUT2D eigenvalue weighted by Gasteiger charge is 2.34. The van der Waals surface area contributed by atoms with Gasteiger partial charge in [0.15, 0.2) is 0 Å². The minimum absolute atomic E-state index is 0. The molecule has 0 bridgehead atoms. The molecule has 7 aromatic rings. The van der Waals surface area contributed by atoms with Crippen LogP contribution < -0.4 is 9.80 Å². The zero-order chi connectivity index (χ0) is 35.8. The first kappa shape index (κ1) is 37.0. The van der Waals surface area contributed by atoms with Gasteiger partial charge in [0.2, 0.25) is 0 Å². The van der Waals surface area contributed by atoms with Gasteiger partial charge in [0.1, 0.15) is 0 Å². The van der Waals surface area contributed by atoms with E-state index in [2.05, 4.69) is 193 Å². The molecule has 2 heteroatoms. The van der Waals surface area contributed by atoms with Gasteiger partial charge < -0.3 is 9.80 Å². The fourth-order valence-corrected chi connectivity index (χ4v) is 7.03. The summed E-state index contributed by atoms with van der Waals surface area (Å²) >= 11 is 0. The highest BCUT2D eigenvalue weighted by molar-refractivity contribution is 5.89. The standard InChI is InChI=1S/C32H24N2.C15H14.C2H6.CH4/c1-3-20-33(31-18-16-25-10-5-7-12-27(25)22-31)29-14-9-15-30(24-29)34(21-4-2)32-19-17-26-11-6-8-13-28(26)23-32;1-15(2)13-9-5-3-7-11(13)12-8-4-6-10-14(12)15;1-2;/h1-2,5-19,22-24H,20-21H2;3-10H,1-2H3;1-2H3;1H4. The SMILES string of the molecule is C.C#CCN(c1cccc(N(CC#C)c2ccc3ccccc3c2)c1)c1ccc2ccccc2c1.CC.CC1(C)c2ccccc2-c2ccccc21. The normalized spacial score (nSPS) is 11.6. The first-order chi connectivity index (χ1) is 25.0. The summed E-state index contributed by atoms with van der Waals surface area (Å²) in [7, 11) is 0. The second-order valence-corrected chi connectivity index (χ2v) is 12.9. The lowest BCUT2D eigenvalue weighted by Crippen LogP contribution is -2.20. The molecule has 7 aromatic carbocycles. The summed E-state index contributed by atoms with van der Waals surface area (Å²) in [6.45, 7) is 9.54. The van der Waals surface area contributed by atoms with Crippen LogP contribution in [-0.2, 0) is 5.41 Å². The second-order valence-electron chi connectivity index (χ2n) is 12.9. The molecule has 0 spiro atoms. The molecular weight excluding hydrogens is 629 g/mol. The van der Waals surface area contributed by atoms with E-state index in [-0.39, 0.29) is 12.8 Å². The zero-order valence-corrected chi connectivity index (χ0v) is 30.0. The number of fused-ring (bicyclic) bond motifs is 5. The van der Waals surface area contributed by atoms with Gasteiger partial charge >= 0.3 is 0 Å². The molecule has 52 heavy (non-hydrogen) atoms. The number of hydrogen-bond acceptors (Lipinski definition) is 2. The number of benzene rings is 7. The fraction of sp³-hybridized carbons (Fsp3) is 0.160. The second kappa shape index (κ2) is 16.7. The van der Waals surface area contributed by atoms with Gasteiger partial charge in [0.25, 0.3) is 0 Å². The first-order valence-corrected chi connectivity index (χ1v) is 17.7. The van der Waals surface area contributed by atoms with Crippen molar-refractivity contribution >= 4 is 44.3 Å². The van der Waals surface area contributed by atoms with E-state index in [0.717, 1.165) is 22.7 Å². The van der Waals surface area contributed by atoms with Gasteiger partial charge in [-0.25, -0.2) is 0 Å². The highest BCUT2D eigenvalue weighted by atomic mass is 15.2. The van der Waals surface area contributed by atoms with E-state index in [1.54, 1.807) is 0 Å². The van der Waals surface area contributed by atoms with Crippen LogP contribution in [-0.4, -0.2) is 13.1 Å². The van der Waals surface area contributed by atoms with E-state index in [1.165, 1.54) is 43.8 Å². The Balaban J connectivity index is 0.000000242. The summed E-state index contributed by atoms with van der Waals surface area (Å²) in [6, 6.07) is 55.4. The van der Waals surface area contributed by atoms with E-state index in [9.17, 15) is 0 Å². The maximum Gasteiger partial charge on any atom is 0.0840 e. The van der Waals surface area contributed by atoms with Gasteiger partial charge in [-0.15, -0.1) is 12.8 Å². The quantitative estimate of drug-likeness (QED) is 0.162. The molecule has 0 amide bonds. The summed E-state index contributed by atoms with van der Waals surface area (Å²) in [5.74, 6) is 5.64. The molecule has 0 saturated heterocycles. The maximum absolute atomic E-state index is 5.78. The summed E-state index contributed by atoms with van der Waals surface area (Å²) in [6.07, 6.45) is 11.6. The Kier molecular flexibility index (Phi) is 11.9. The lowest BCUT2D eigenvalue weighted by atomic mass is 9.82. The molecule has 0 heterocycles. The summed E-state index contributed by atoms with van der Waals surface area (Å²) in [4.78, 5) is 4.31. The molecule has 0 aromatic heterocycles. The lowest BCUT2D eigenvalue weighted by Gasteiger charge is -2.27. The van der Waals surface area contributed by atoms with Crippen molar-refractivity contribution in [1.29, 1.82) is 0 Å². The van der Waals surface area contributed by atoms with Crippen molar-refractivity contribution in [3.8, 4) is 35.8 Å². The predicted octanol–water partition coefficient (Wildman–Crippen LogP) is 13.2. The Morgan fingerprint density at radius 2 is 0.808 bits per heavy atom. The molecule has 8 rings (SSSR count). The van der Waals surface area contributed by atoms with E-state index < -0.39 is 0 Å². The molecular formula is C50H48N2. The van der Waals surface area contributed by atoms with Crippen molar-refractivity contribution < 1.29 is 0 Å². The number of anilines is 4. The Hall–Kier alpha value is -6.22. The van der Waals surface area contributed by atoms with E-state index in [1.807, 2.05) is 13.8 Å². The molecule has 1 aliphatic rings. The molecule has 0 N–H and O–H groups in total. The Morgan fingerprint density at radius 1 is 0.442 bits per heavy atom. The van der Waals surface area contributed by atoms with Crippen LogP contribution in [0.15, 0.2) is 158 Å². The van der Waals surface area contributed by atoms with Crippen LogP contribution in [0.1, 0.15) is 46.2 Å². The highest BCUT2D eigenvalue weighted by Crippen LogP contribution is 2.48. The number of nitrogens with zero attached hydrogens (tertiary/aromatic N) is 2. The topological polar surface area (TPSA) is 6.48 Å². The van der Waals surface area contributed by atoms with E-state index in [4.69, 9.17) is 12.8 Å². The number of terminal acetylenes is 2. The number of hydrogen-bond donors (Lipinski definition) is 0. The molecule has 0 atom stereocenters. The third-order valence-electron chi connectivity index (χ3n) is 9.53. The Labute approximate surface area is 311 Å². The predicted molar refractivity (Wildman–Crippen MR) is 228 cm³/mol. The minimum atomic E-state index is 0. The maximum atomic E-state index is 5.78. The van der Waals surface area contributed by atoms with Crippen LogP contribution >= 0.6 is 0 Å². The van der Waals surface area contributed by atoms with Crippen molar-refractivity contribution in [3.05, 3.63) is 169 Å². The number of rotatable bonds is 6. The molecule has 2 nitrogen and oxygen atoms in total. The van der Waals surface area contributed by atoms with Gasteiger partial charge in [-0.2, -0.15) is 0 Å². The van der Waals surface area contributed by atoms with Crippen LogP contribution in [0.4, 0.5) is 22.7 Å². The van der Waals surface area contributed by atoms with Gasteiger partial charge in [0.05, 0.1) is 13.1 Å². The van der Waals surface area contributed by atoms with Gasteiger partial charge in [-0.3, -0.25) is 0 Å². The van der Waals surface area contributed by atoms with Crippen molar-refractivity contribution in [3.63, 3.8) is 0 Å². The average molecular weight is 677 g/mol. The van der Waals surface area contributed by atoms with Gasteiger partial charge in [-0.1, -0.05) is 162 Å². The molecule has 258 valence electrons. The van der Waals surface area contributed by atoms with Crippen molar-refractivity contribution in [1.82, 2.24) is 0 Å².